The highest BCUT2D eigenvalue weighted by atomic mass is 19.1. The Morgan fingerprint density at radius 2 is 1.88 bits per heavy atom. The van der Waals surface area contributed by atoms with E-state index >= 15 is 0 Å². The highest BCUT2D eigenvalue weighted by molar-refractivity contribution is 5.94. The highest BCUT2D eigenvalue weighted by Gasteiger charge is 2.29. The maximum Gasteiger partial charge on any atom is 0.253 e. The molecule has 1 aromatic heterocycles. The van der Waals surface area contributed by atoms with Crippen molar-refractivity contribution in [2.45, 2.75) is 38.1 Å². The van der Waals surface area contributed by atoms with Gasteiger partial charge in [0, 0.05) is 44.3 Å². The maximum absolute atomic E-state index is 14.1. The molecule has 174 valence electrons. The Balaban J connectivity index is 1.32. The van der Waals surface area contributed by atoms with Crippen LogP contribution in [0.5, 0.6) is 5.75 Å². The molecule has 0 N–H and O–H groups in total. The van der Waals surface area contributed by atoms with E-state index in [1.807, 2.05) is 11.0 Å². The first-order valence-corrected chi connectivity index (χ1v) is 11.8. The van der Waals surface area contributed by atoms with Gasteiger partial charge in [0.2, 0.25) is 0 Å². The number of carbonyl (C=O) groups excluding carboxylic acids is 1. The smallest absolute Gasteiger partial charge is 0.253 e. The molecule has 0 radical (unpaired) electrons. The number of methoxy groups -OCH3 is 1. The lowest BCUT2D eigenvalue weighted by molar-refractivity contribution is 0.0610. The molecule has 0 unspecified atom stereocenters. The predicted octanol–water partition coefficient (Wildman–Crippen LogP) is 4.63. The van der Waals surface area contributed by atoms with Crippen molar-refractivity contribution in [3.63, 3.8) is 0 Å². The molecule has 2 aliphatic heterocycles. The summed E-state index contributed by atoms with van der Waals surface area (Å²) in [5.41, 5.74) is 2.58. The Morgan fingerprint density at radius 1 is 1.12 bits per heavy atom. The molecular weight excluding hydrogens is 421 g/mol. The van der Waals surface area contributed by atoms with E-state index in [1.54, 1.807) is 6.07 Å². The minimum absolute atomic E-state index is 0.134. The Kier molecular flexibility index (Phi) is 6.31. The summed E-state index contributed by atoms with van der Waals surface area (Å²) < 4.78 is 27.0. The average molecular weight is 452 g/mol. The number of fused-ring (bicyclic) bond motifs is 1. The number of halogens is 1. The Morgan fingerprint density at radius 3 is 2.61 bits per heavy atom. The molecule has 0 atom stereocenters. The van der Waals surface area contributed by atoms with Gasteiger partial charge in [0.15, 0.2) is 11.6 Å². The number of benzene rings is 2. The number of aromatic nitrogens is 2. The van der Waals surface area contributed by atoms with Gasteiger partial charge in [-0.3, -0.25) is 4.79 Å². The van der Waals surface area contributed by atoms with E-state index in [0.29, 0.717) is 30.5 Å². The number of hydrogen-bond donors (Lipinski definition) is 0. The number of carbonyl (C=O) groups is 1. The summed E-state index contributed by atoms with van der Waals surface area (Å²) in [7, 11) is 1.42. The largest absolute Gasteiger partial charge is 0.494 e. The molecule has 0 spiro atoms. The van der Waals surface area contributed by atoms with Crippen molar-refractivity contribution >= 4 is 16.9 Å². The molecule has 3 heterocycles. The van der Waals surface area contributed by atoms with Gasteiger partial charge in [0.1, 0.15) is 5.82 Å². The number of piperidine rings is 1. The van der Waals surface area contributed by atoms with Crippen LogP contribution in [0.2, 0.25) is 0 Å². The summed E-state index contributed by atoms with van der Waals surface area (Å²) in [4.78, 5) is 19.8. The average Bonchev–Trinajstić information content (AvgIpc) is 3.22. The molecule has 6 nitrogen and oxygen atoms in total. The van der Waals surface area contributed by atoms with Crippen LogP contribution >= 0.6 is 0 Å². The van der Waals surface area contributed by atoms with Gasteiger partial charge in [0.25, 0.3) is 5.91 Å². The van der Waals surface area contributed by atoms with E-state index in [4.69, 9.17) is 14.5 Å². The van der Waals surface area contributed by atoms with Crippen molar-refractivity contribution in [3.05, 3.63) is 59.7 Å². The molecule has 2 aromatic carbocycles. The quantitative estimate of drug-likeness (QED) is 0.568. The number of nitrogens with zero attached hydrogens (tertiary/aromatic N) is 3. The number of para-hydroxylation sites is 2. The Hall–Kier alpha value is -2.93. The van der Waals surface area contributed by atoms with Crippen LogP contribution in [0.1, 0.15) is 47.8 Å². The number of rotatable bonds is 5. The van der Waals surface area contributed by atoms with E-state index in [9.17, 15) is 9.18 Å². The predicted molar refractivity (Wildman–Crippen MR) is 124 cm³/mol. The first-order valence-electron chi connectivity index (χ1n) is 11.8. The molecule has 7 heteroatoms. The van der Waals surface area contributed by atoms with Crippen LogP contribution in [0, 0.1) is 11.7 Å². The van der Waals surface area contributed by atoms with E-state index < -0.39 is 5.82 Å². The third-order valence-electron chi connectivity index (χ3n) is 7.01. The Labute approximate surface area is 193 Å². The van der Waals surface area contributed by atoms with Gasteiger partial charge in [0.05, 0.1) is 18.1 Å². The lowest BCUT2D eigenvalue weighted by Crippen LogP contribution is -2.38. The van der Waals surface area contributed by atoms with Crippen LogP contribution < -0.4 is 4.74 Å². The second-order valence-corrected chi connectivity index (χ2v) is 9.04. The minimum atomic E-state index is -0.514. The Bertz CT molecular complexity index is 1130. The summed E-state index contributed by atoms with van der Waals surface area (Å²) in [5.74, 6) is 1.53. The van der Waals surface area contributed by atoms with Crippen LogP contribution in [-0.2, 0) is 11.3 Å². The van der Waals surface area contributed by atoms with Gasteiger partial charge in [-0.2, -0.15) is 0 Å². The normalized spacial score (nSPS) is 18.1. The van der Waals surface area contributed by atoms with Gasteiger partial charge >= 0.3 is 0 Å². The second kappa shape index (κ2) is 9.51. The molecule has 1 amide bonds. The fraction of sp³-hybridized carbons (Fsp3) is 0.462. The highest BCUT2D eigenvalue weighted by Crippen LogP contribution is 2.32. The monoisotopic (exact) mass is 451 g/mol. The molecule has 33 heavy (non-hydrogen) atoms. The summed E-state index contributed by atoms with van der Waals surface area (Å²) in [6, 6.07) is 12.7. The zero-order chi connectivity index (χ0) is 22.8. The first kappa shape index (κ1) is 21.9. The van der Waals surface area contributed by atoms with E-state index in [-0.39, 0.29) is 11.7 Å². The third-order valence-corrected chi connectivity index (χ3v) is 7.01. The zero-order valence-corrected chi connectivity index (χ0v) is 19.0. The summed E-state index contributed by atoms with van der Waals surface area (Å²) in [6.45, 7) is 3.90. The molecule has 0 bridgehead atoms. The van der Waals surface area contributed by atoms with Crippen molar-refractivity contribution in [1.29, 1.82) is 0 Å². The maximum atomic E-state index is 14.1. The first-order chi connectivity index (χ1) is 16.1. The molecule has 5 rings (SSSR count). The van der Waals surface area contributed by atoms with Crippen LogP contribution in [0.25, 0.3) is 11.0 Å². The third kappa shape index (κ3) is 4.47. The van der Waals surface area contributed by atoms with Crippen molar-refractivity contribution in [3.8, 4) is 5.75 Å². The number of hydrogen-bond acceptors (Lipinski definition) is 4. The summed E-state index contributed by atoms with van der Waals surface area (Å²) in [5, 5.41) is 0. The van der Waals surface area contributed by atoms with Crippen molar-refractivity contribution in [2.75, 3.05) is 33.4 Å². The second-order valence-electron chi connectivity index (χ2n) is 9.04. The van der Waals surface area contributed by atoms with Crippen LogP contribution in [-0.4, -0.2) is 53.8 Å². The minimum Gasteiger partial charge on any atom is -0.494 e. The van der Waals surface area contributed by atoms with Crippen LogP contribution in [0.3, 0.4) is 0 Å². The molecule has 0 aliphatic carbocycles. The zero-order valence-electron chi connectivity index (χ0n) is 19.0. The number of likely N-dealkylation sites (tertiary alicyclic amines) is 1. The lowest BCUT2D eigenvalue weighted by Gasteiger charge is -2.32. The van der Waals surface area contributed by atoms with Crippen molar-refractivity contribution in [1.82, 2.24) is 14.5 Å². The number of ether oxygens (including phenoxy) is 2. The van der Waals surface area contributed by atoms with Gasteiger partial charge in [-0.25, -0.2) is 9.37 Å². The summed E-state index contributed by atoms with van der Waals surface area (Å²) >= 11 is 0. The van der Waals surface area contributed by atoms with Gasteiger partial charge in [-0.15, -0.1) is 0 Å². The van der Waals surface area contributed by atoms with Crippen molar-refractivity contribution in [2.24, 2.45) is 5.92 Å². The molecule has 2 saturated heterocycles. The molecule has 3 aromatic rings. The topological polar surface area (TPSA) is 56.6 Å². The van der Waals surface area contributed by atoms with E-state index in [0.717, 1.165) is 56.8 Å². The fourth-order valence-electron chi connectivity index (χ4n) is 5.11. The van der Waals surface area contributed by atoms with Gasteiger partial charge in [-0.1, -0.05) is 12.1 Å². The fourth-order valence-corrected chi connectivity index (χ4v) is 5.11. The molecular formula is C26H30FN3O3. The number of imidazole rings is 1. The molecule has 2 aliphatic rings. The lowest BCUT2D eigenvalue weighted by atomic mass is 9.94. The van der Waals surface area contributed by atoms with Gasteiger partial charge < -0.3 is 18.9 Å². The SMILES string of the molecule is COc1ccc(C(=O)N2CCC(c3nc4ccccc4n3CC3CCOCC3)CC2)cc1F. The summed E-state index contributed by atoms with van der Waals surface area (Å²) in [6.07, 6.45) is 3.86. The number of amides is 1. The van der Waals surface area contributed by atoms with E-state index in [2.05, 4.69) is 22.8 Å². The van der Waals surface area contributed by atoms with Crippen LogP contribution in [0.4, 0.5) is 4.39 Å². The molecule has 0 saturated carbocycles. The van der Waals surface area contributed by atoms with E-state index in [1.165, 1.54) is 24.8 Å². The molecule has 2 fully saturated rings. The van der Waals surface area contributed by atoms with Crippen molar-refractivity contribution < 1.29 is 18.7 Å². The van der Waals surface area contributed by atoms with Gasteiger partial charge in [-0.05, 0) is 61.9 Å². The van der Waals surface area contributed by atoms with Crippen LogP contribution in [0.15, 0.2) is 42.5 Å². The standard InChI is InChI=1S/C26H30FN3O3/c1-32-24-7-6-20(16-21(24)27)26(31)29-12-8-19(9-13-29)25-28-22-4-2-3-5-23(22)30(25)17-18-10-14-33-15-11-18/h2-7,16,18-19H,8-15,17H2,1H3.